The Hall–Kier alpha value is -4.32. The van der Waals surface area contributed by atoms with Gasteiger partial charge in [-0.2, -0.15) is 5.10 Å². The molecule has 1 amide bonds. The minimum absolute atomic E-state index is 0.155. The van der Waals surface area contributed by atoms with E-state index in [2.05, 4.69) is 26.5 Å². The number of hydrazone groups is 1. The van der Waals surface area contributed by atoms with Crippen LogP contribution < -0.4 is 14.9 Å². The Kier molecular flexibility index (Phi) is 8.10. The highest BCUT2D eigenvalue weighted by Crippen LogP contribution is 2.34. The summed E-state index contributed by atoms with van der Waals surface area (Å²) in [4.78, 5) is 32.8. The van der Waals surface area contributed by atoms with Crippen LogP contribution in [0.15, 0.2) is 64.2 Å². The summed E-state index contributed by atoms with van der Waals surface area (Å²) < 4.78 is 11.9. The molecule has 0 unspecified atom stereocenters. The predicted octanol–water partition coefficient (Wildman–Crippen LogP) is 5.20. The number of aryl methyl sites for hydroxylation is 2. The standard InChI is InChI=1S/C23H19BrN4O7/c1-14-8-15(2)23(19(24)9-14)34-13-22(29)26-25-12-16-4-3-5-18(10-16)35-21-7-6-17(27(30)31)11-20(21)28(32)33/h3-12H,13H2,1-2H3,(H,26,29). The average Bonchev–Trinajstić information content (AvgIpc) is 2.78. The van der Waals surface area contributed by atoms with Gasteiger partial charge in [-0.15, -0.1) is 0 Å². The van der Waals surface area contributed by atoms with E-state index >= 15 is 0 Å². The summed E-state index contributed by atoms with van der Waals surface area (Å²) in [6.07, 6.45) is 1.36. The maximum Gasteiger partial charge on any atom is 0.318 e. The lowest BCUT2D eigenvalue weighted by Crippen LogP contribution is -2.24. The van der Waals surface area contributed by atoms with Crippen molar-refractivity contribution in [1.29, 1.82) is 0 Å². The number of benzene rings is 3. The molecule has 3 aromatic carbocycles. The number of nitrogens with one attached hydrogen (secondary N) is 1. The number of carbonyl (C=O) groups excluding carboxylic acids is 1. The number of halogens is 1. The zero-order valence-electron chi connectivity index (χ0n) is 18.6. The molecule has 180 valence electrons. The van der Waals surface area contributed by atoms with Gasteiger partial charge in [0.1, 0.15) is 11.5 Å². The molecule has 3 rings (SSSR count). The van der Waals surface area contributed by atoms with Crippen molar-refractivity contribution in [3.8, 4) is 17.2 Å². The van der Waals surface area contributed by atoms with E-state index in [1.165, 1.54) is 12.3 Å². The Morgan fingerprint density at radius 3 is 2.54 bits per heavy atom. The third-order valence-electron chi connectivity index (χ3n) is 4.56. The summed E-state index contributed by atoms with van der Waals surface area (Å²) in [6.45, 7) is 3.59. The van der Waals surface area contributed by atoms with Gasteiger partial charge in [-0.3, -0.25) is 25.0 Å². The fourth-order valence-corrected chi connectivity index (χ4v) is 3.86. The molecule has 0 aliphatic heterocycles. The third-order valence-corrected chi connectivity index (χ3v) is 5.15. The van der Waals surface area contributed by atoms with Gasteiger partial charge in [0.15, 0.2) is 6.61 Å². The van der Waals surface area contributed by atoms with Gasteiger partial charge in [-0.05, 0) is 70.7 Å². The van der Waals surface area contributed by atoms with Crippen molar-refractivity contribution in [2.24, 2.45) is 5.10 Å². The maximum absolute atomic E-state index is 12.1. The van der Waals surface area contributed by atoms with Gasteiger partial charge < -0.3 is 9.47 Å². The number of nitro benzene ring substituents is 2. The van der Waals surface area contributed by atoms with Crippen LogP contribution in [-0.2, 0) is 4.79 Å². The average molecular weight is 543 g/mol. The second-order valence-electron chi connectivity index (χ2n) is 7.32. The Balaban J connectivity index is 1.63. The summed E-state index contributed by atoms with van der Waals surface area (Å²) in [6, 6.07) is 13.3. The zero-order valence-corrected chi connectivity index (χ0v) is 20.1. The molecular weight excluding hydrogens is 524 g/mol. The second kappa shape index (κ2) is 11.2. The van der Waals surface area contributed by atoms with Crippen molar-refractivity contribution < 1.29 is 24.1 Å². The molecule has 0 saturated heterocycles. The van der Waals surface area contributed by atoms with Crippen LogP contribution in [0.25, 0.3) is 0 Å². The lowest BCUT2D eigenvalue weighted by Gasteiger charge is -2.11. The van der Waals surface area contributed by atoms with Crippen LogP contribution >= 0.6 is 15.9 Å². The van der Waals surface area contributed by atoms with Crippen molar-refractivity contribution in [1.82, 2.24) is 5.43 Å². The van der Waals surface area contributed by atoms with Crippen molar-refractivity contribution in [3.05, 3.63) is 96.0 Å². The first-order valence-corrected chi connectivity index (χ1v) is 10.9. The molecule has 0 radical (unpaired) electrons. The van der Waals surface area contributed by atoms with Gasteiger partial charge in [-0.1, -0.05) is 18.2 Å². The number of nitrogens with zero attached hydrogens (tertiary/aromatic N) is 3. The molecule has 0 bridgehead atoms. The van der Waals surface area contributed by atoms with Crippen LogP contribution in [0.1, 0.15) is 16.7 Å². The quantitative estimate of drug-likeness (QED) is 0.222. The number of hydrogen-bond donors (Lipinski definition) is 1. The SMILES string of the molecule is Cc1cc(C)c(OCC(=O)NN=Cc2cccc(Oc3ccc([N+](=O)[O-])cc3[N+](=O)[O-])c2)c(Br)c1. The van der Waals surface area contributed by atoms with Crippen LogP contribution in [0.5, 0.6) is 17.2 Å². The number of non-ortho nitro benzene ring substituents is 1. The minimum Gasteiger partial charge on any atom is -0.482 e. The first-order chi connectivity index (χ1) is 16.6. The van der Waals surface area contributed by atoms with Gasteiger partial charge >= 0.3 is 5.69 Å². The van der Waals surface area contributed by atoms with Gasteiger partial charge in [0.05, 0.1) is 26.6 Å². The van der Waals surface area contributed by atoms with E-state index in [1.54, 1.807) is 18.2 Å². The van der Waals surface area contributed by atoms with Crippen molar-refractivity contribution in [3.63, 3.8) is 0 Å². The summed E-state index contributed by atoms with van der Waals surface area (Å²) in [5.41, 5.74) is 3.88. The fraction of sp³-hybridized carbons (Fsp3) is 0.130. The molecule has 0 saturated carbocycles. The van der Waals surface area contributed by atoms with E-state index in [0.29, 0.717) is 11.3 Å². The molecule has 12 heteroatoms. The first kappa shape index (κ1) is 25.3. The lowest BCUT2D eigenvalue weighted by molar-refractivity contribution is -0.394. The molecule has 0 fully saturated rings. The number of carbonyl (C=O) groups is 1. The van der Waals surface area contributed by atoms with Gasteiger partial charge in [0.25, 0.3) is 11.6 Å². The Bertz CT molecular complexity index is 1300. The van der Waals surface area contributed by atoms with Crippen LogP contribution in [0.2, 0.25) is 0 Å². The van der Waals surface area contributed by atoms with E-state index in [1.807, 2.05) is 26.0 Å². The highest BCUT2D eigenvalue weighted by molar-refractivity contribution is 9.10. The van der Waals surface area contributed by atoms with Gasteiger partial charge in [0, 0.05) is 6.07 Å². The normalized spacial score (nSPS) is 10.7. The number of hydrogen-bond acceptors (Lipinski definition) is 8. The third kappa shape index (κ3) is 6.84. The van der Waals surface area contributed by atoms with E-state index in [0.717, 1.165) is 33.8 Å². The molecule has 0 aliphatic rings. The minimum atomic E-state index is -0.762. The topological polar surface area (TPSA) is 146 Å². The molecule has 1 N–H and O–H groups in total. The number of ether oxygens (including phenoxy) is 2. The summed E-state index contributed by atoms with van der Waals surface area (Å²) in [5, 5.41) is 26.0. The number of amides is 1. The molecule has 0 spiro atoms. The largest absolute Gasteiger partial charge is 0.482 e. The second-order valence-corrected chi connectivity index (χ2v) is 8.17. The van der Waals surface area contributed by atoms with Crippen molar-refractivity contribution in [2.45, 2.75) is 13.8 Å². The van der Waals surface area contributed by atoms with E-state index in [9.17, 15) is 25.0 Å². The monoisotopic (exact) mass is 542 g/mol. The van der Waals surface area contributed by atoms with Gasteiger partial charge in [-0.25, -0.2) is 5.43 Å². The highest BCUT2D eigenvalue weighted by atomic mass is 79.9. The summed E-state index contributed by atoms with van der Waals surface area (Å²) in [5.74, 6) is 0.180. The Morgan fingerprint density at radius 1 is 1.09 bits per heavy atom. The Labute approximate surface area is 207 Å². The molecule has 0 heterocycles. The zero-order chi connectivity index (χ0) is 25.5. The maximum atomic E-state index is 12.1. The first-order valence-electron chi connectivity index (χ1n) is 10.1. The van der Waals surface area contributed by atoms with Crippen LogP contribution in [0.3, 0.4) is 0 Å². The van der Waals surface area contributed by atoms with Crippen LogP contribution in [0, 0.1) is 34.1 Å². The number of nitro groups is 2. The van der Waals surface area contributed by atoms with Crippen molar-refractivity contribution in [2.75, 3.05) is 6.61 Å². The highest BCUT2D eigenvalue weighted by Gasteiger charge is 2.21. The summed E-state index contributed by atoms with van der Waals surface area (Å²) in [7, 11) is 0. The van der Waals surface area contributed by atoms with Crippen LogP contribution in [-0.4, -0.2) is 28.6 Å². The fourth-order valence-electron chi connectivity index (χ4n) is 3.07. The Morgan fingerprint density at radius 2 is 1.86 bits per heavy atom. The molecule has 0 atom stereocenters. The van der Waals surface area contributed by atoms with E-state index < -0.39 is 27.1 Å². The molecule has 0 aliphatic carbocycles. The predicted molar refractivity (Wildman–Crippen MR) is 131 cm³/mol. The van der Waals surface area contributed by atoms with E-state index in [-0.39, 0.29) is 18.1 Å². The van der Waals surface area contributed by atoms with Crippen LogP contribution in [0.4, 0.5) is 11.4 Å². The molecule has 3 aromatic rings. The molecular formula is C23H19BrN4O7. The molecule has 0 aromatic heterocycles. The summed E-state index contributed by atoms with van der Waals surface area (Å²) >= 11 is 3.42. The smallest absolute Gasteiger partial charge is 0.318 e. The van der Waals surface area contributed by atoms with E-state index in [4.69, 9.17) is 9.47 Å². The molecule has 35 heavy (non-hydrogen) atoms. The van der Waals surface area contributed by atoms with Gasteiger partial charge in [0.2, 0.25) is 5.75 Å². The molecule has 11 nitrogen and oxygen atoms in total. The number of rotatable bonds is 9. The lowest BCUT2D eigenvalue weighted by atomic mass is 10.1. The van der Waals surface area contributed by atoms with Crippen molar-refractivity contribution >= 4 is 39.4 Å².